The predicted molar refractivity (Wildman–Crippen MR) is 107 cm³/mol. The molecule has 5 N–H and O–H groups in total. The molecule has 3 rings (SSSR count). The molecule has 1 aliphatic heterocycles. The Morgan fingerprint density at radius 2 is 2.10 bits per heavy atom. The summed E-state index contributed by atoms with van der Waals surface area (Å²) in [5, 5.41) is 13.3. The second kappa shape index (κ2) is 10.1. The molecule has 0 unspecified atom stereocenters. The monoisotopic (exact) mass is 420 g/mol. The Labute approximate surface area is 172 Å². The van der Waals surface area contributed by atoms with Crippen LogP contribution in [0, 0.1) is 5.82 Å². The number of aromatic amines is 1. The molecule has 0 saturated carbocycles. The Balaban J connectivity index is 1.76. The number of hydrogen-bond donors (Lipinski definition) is 4. The minimum atomic E-state index is -0.776. The maximum atomic E-state index is 14.4. The summed E-state index contributed by atoms with van der Waals surface area (Å²) in [4.78, 5) is 25.6. The van der Waals surface area contributed by atoms with Gasteiger partial charge >= 0.3 is 0 Å². The minimum Gasteiger partial charge on any atom is -0.490 e. The predicted octanol–water partition coefficient (Wildman–Crippen LogP) is 0.894. The summed E-state index contributed by atoms with van der Waals surface area (Å²) in [5.41, 5.74) is -0.167. The number of nitrogens with two attached hydrogens (primary N) is 1. The zero-order valence-corrected chi connectivity index (χ0v) is 16.6. The van der Waals surface area contributed by atoms with E-state index in [0.29, 0.717) is 0 Å². The molecule has 0 radical (unpaired) electrons. The third-order valence-electron chi connectivity index (χ3n) is 4.79. The number of rotatable bonds is 8. The van der Waals surface area contributed by atoms with Crippen LogP contribution in [-0.2, 0) is 4.74 Å². The van der Waals surface area contributed by atoms with Crippen LogP contribution in [0.25, 0.3) is 0 Å². The average Bonchev–Trinajstić information content (AvgIpc) is 3.21. The molecule has 0 aliphatic carbocycles. The number of nitrogens with zero attached hydrogens (tertiary/aromatic N) is 2. The van der Waals surface area contributed by atoms with Crippen LogP contribution in [0.5, 0.6) is 5.75 Å². The van der Waals surface area contributed by atoms with Crippen molar-refractivity contribution >= 4 is 17.5 Å². The number of carbonyl (C=O) groups is 2. The molecule has 0 atom stereocenters. The van der Waals surface area contributed by atoms with E-state index in [0.717, 1.165) is 37.0 Å². The first-order chi connectivity index (χ1) is 14.5. The Morgan fingerprint density at radius 1 is 1.33 bits per heavy atom. The van der Waals surface area contributed by atoms with Gasteiger partial charge in [-0.2, -0.15) is 5.10 Å². The lowest BCUT2D eigenvalue weighted by Crippen LogP contribution is -2.50. The number of hydrazine groups is 1. The number of amides is 2. The Kier molecular flexibility index (Phi) is 7.33. The van der Waals surface area contributed by atoms with E-state index < -0.39 is 17.6 Å². The van der Waals surface area contributed by atoms with E-state index in [9.17, 15) is 14.0 Å². The van der Waals surface area contributed by atoms with Crippen LogP contribution >= 0.6 is 0 Å². The van der Waals surface area contributed by atoms with Crippen molar-refractivity contribution in [1.29, 1.82) is 0 Å². The van der Waals surface area contributed by atoms with Gasteiger partial charge in [0.15, 0.2) is 0 Å². The maximum absolute atomic E-state index is 14.4. The molecular weight excluding hydrogens is 395 g/mol. The molecule has 1 aromatic heterocycles. The van der Waals surface area contributed by atoms with Gasteiger partial charge in [0.1, 0.15) is 29.4 Å². The summed E-state index contributed by atoms with van der Waals surface area (Å²) in [6.45, 7) is 1.95. The SMILES string of the molecule is COCCOc1cccc(F)c1C(=O)Nc1cn[nH]c1C(=O)N(N)C1CCNCC1. The molecule has 0 bridgehead atoms. The number of methoxy groups -OCH3 is 1. The number of aromatic nitrogens is 2. The van der Waals surface area contributed by atoms with E-state index in [1.807, 2.05) is 0 Å². The summed E-state index contributed by atoms with van der Waals surface area (Å²) in [7, 11) is 1.50. The lowest BCUT2D eigenvalue weighted by atomic mass is 10.1. The van der Waals surface area contributed by atoms with Crippen molar-refractivity contribution in [1.82, 2.24) is 20.5 Å². The van der Waals surface area contributed by atoms with Crippen LogP contribution in [0.3, 0.4) is 0 Å². The first kappa shape index (κ1) is 21.7. The fourth-order valence-corrected chi connectivity index (χ4v) is 3.19. The van der Waals surface area contributed by atoms with Crippen molar-refractivity contribution in [2.24, 2.45) is 5.84 Å². The van der Waals surface area contributed by atoms with Gasteiger partial charge in [-0.25, -0.2) is 10.2 Å². The van der Waals surface area contributed by atoms with Crippen LogP contribution in [0.15, 0.2) is 24.4 Å². The number of halogens is 1. The Morgan fingerprint density at radius 3 is 2.83 bits per heavy atom. The summed E-state index contributed by atoms with van der Waals surface area (Å²) in [6, 6.07) is 3.94. The third-order valence-corrected chi connectivity index (χ3v) is 4.79. The largest absolute Gasteiger partial charge is 0.490 e. The fraction of sp³-hybridized carbons (Fsp3) is 0.421. The molecule has 10 nitrogen and oxygen atoms in total. The zero-order chi connectivity index (χ0) is 21.5. The van der Waals surface area contributed by atoms with Crippen molar-refractivity contribution in [3.8, 4) is 5.75 Å². The van der Waals surface area contributed by atoms with E-state index in [2.05, 4.69) is 20.8 Å². The molecule has 11 heteroatoms. The summed E-state index contributed by atoms with van der Waals surface area (Å²) in [5.74, 6) is 4.03. The van der Waals surface area contributed by atoms with Gasteiger partial charge in [-0.05, 0) is 38.1 Å². The number of anilines is 1. The second-order valence-corrected chi connectivity index (χ2v) is 6.76. The van der Waals surface area contributed by atoms with Gasteiger partial charge in [0, 0.05) is 7.11 Å². The van der Waals surface area contributed by atoms with Gasteiger partial charge in [0.2, 0.25) is 0 Å². The van der Waals surface area contributed by atoms with Gasteiger partial charge in [-0.15, -0.1) is 0 Å². The molecule has 2 aromatic rings. The molecule has 1 aromatic carbocycles. The van der Waals surface area contributed by atoms with E-state index in [4.69, 9.17) is 15.3 Å². The van der Waals surface area contributed by atoms with Gasteiger partial charge in [-0.3, -0.25) is 19.7 Å². The highest BCUT2D eigenvalue weighted by Gasteiger charge is 2.28. The number of piperidine rings is 1. The highest BCUT2D eigenvalue weighted by Crippen LogP contribution is 2.24. The molecule has 30 heavy (non-hydrogen) atoms. The highest BCUT2D eigenvalue weighted by atomic mass is 19.1. The van der Waals surface area contributed by atoms with Crippen LogP contribution in [-0.4, -0.2) is 66.5 Å². The topological polar surface area (TPSA) is 135 Å². The molecule has 2 amide bonds. The molecule has 0 spiro atoms. The minimum absolute atomic E-state index is 0.0163. The standard InChI is InChI=1S/C19H25FN6O4/c1-29-9-10-30-15-4-2-3-13(20)16(15)18(27)24-14-11-23-25-17(14)19(28)26(21)12-5-7-22-8-6-12/h2-4,11-12,22H,5-10,21H2,1H3,(H,23,25)(H,24,27). The summed E-state index contributed by atoms with van der Waals surface area (Å²) >= 11 is 0. The smallest absolute Gasteiger partial charge is 0.288 e. The molecule has 1 aliphatic rings. The lowest BCUT2D eigenvalue weighted by molar-refractivity contribution is 0.0637. The normalized spacial score (nSPS) is 14.4. The number of nitrogens with one attached hydrogen (secondary N) is 3. The number of ether oxygens (including phenoxy) is 2. The van der Waals surface area contributed by atoms with Crippen LogP contribution in [0.1, 0.15) is 33.7 Å². The lowest BCUT2D eigenvalue weighted by Gasteiger charge is -2.30. The van der Waals surface area contributed by atoms with Crippen LogP contribution in [0.2, 0.25) is 0 Å². The van der Waals surface area contributed by atoms with Crippen molar-refractivity contribution < 1.29 is 23.5 Å². The van der Waals surface area contributed by atoms with Crippen LogP contribution in [0.4, 0.5) is 10.1 Å². The number of hydrogen-bond acceptors (Lipinski definition) is 7. The molecule has 2 heterocycles. The van der Waals surface area contributed by atoms with Gasteiger partial charge < -0.3 is 20.1 Å². The highest BCUT2D eigenvalue weighted by molar-refractivity contribution is 6.09. The molecule has 162 valence electrons. The second-order valence-electron chi connectivity index (χ2n) is 6.76. The van der Waals surface area contributed by atoms with E-state index in [1.54, 1.807) is 0 Å². The Hall–Kier alpha value is -3.02. The van der Waals surface area contributed by atoms with E-state index in [1.165, 1.54) is 25.4 Å². The molecule has 1 saturated heterocycles. The summed E-state index contributed by atoms with van der Waals surface area (Å²) < 4.78 is 24.7. The fourth-order valence-electron chi connectivity index (χ4n) is 3.19. The first-order valence-corrected chi connectivity index (χ1v) is 9.57. The van der Waals surface area contributed by atoms with Crippen LogP contribution < -0.4 is 21.2 Å². The van der Waals surface area contributed by atoms with Crippen molar-refractivity contribution in [2.75, 3.05) is 38.7 Å². The number of carbonyl (C=O) groups excluding carboxylic acids is 2. The molecule has 1 fully saturated rings. The van der Waals surface area contributed by atoms with E-state index in [-0.39, 0.29) is 41.9 Å². The maximum Gasteiger partial charge on any atom is 0.288 e. The van der Waals surface area contributed by atoms with Crippen molar-refractivity contribution in [3.05, 3.63) is 41.5 Å². The Bertz CT molecular complexity index is 884. The zero-order valence-electron chi connectivity index (χ0n) is 16.6. The van der Waals surface area contributed by atoms with Gasteiger partial charge in [0.25, 0.3) is 11.8 Å². The van der Waals surface area contributed by atoms with Crippen molar-refractivity contribution in [2.45, 2.75) is 18.9 Å². The number of benzene rings is 1. The number of H-pyrrole nitrogens is 1. The summed E-state index contributed by atoms with van der Waals surface area (Å²) in [6.07, 6.45) is 2.71. The average molecular weight is 420 g/mol. The quantitative estimate of drug-likeness (QED) is 0.216. The molecular formula is C19H25FN6O4. The van der Waals surface area contributed by atoms with E-state index >= 15 is 0 Å². The van der Waals surface area contributed by atoms with Crippen molar-refractivity contribution in [3.63, 3.8) is 0 Å². The van der Waals surface area contributed by atoms with Gasteiger partial charge in [-0.1, -0.05) is 6.07 Å². The first-order valence-electron chi connectivity index (χ1n) is 9.57. The third kappa shape index (κ3) is 4.93. The van der Waals surface area contributed by atoms with Gasteiger partial charge in [0.05, 0.1) is 24.5 Å².